The molecule has 2 saturated heterocycles. The predicted molar refractivity (Wildman–Crippen MR) is 112 cm³/mol. The highest BCUT2D eigenvalue weighted by atomic mass is 35.5. The van der Waals surface area contributed by atoms with Gasteiger partial charge in [-0.2, -0.15) is 0 Å². The van der Waals surface area contributed by atoms with Crippen molar-refractivity contribution in [3.8, 4) is 11.5 Å². The van der Waals surface area contributed by atoms with E-state index in [1.54, 1.807) is 0 Å². The van der Waals surface area contributed by atoms with Crippen LogP contribution >= 0.6 is 11.6 Å². The van der Waals surface area contributed by atoms with Crippen LogP contribution in [0.1, 0.15) is 12.0 Å². The Hall–Kier alpha value is -2.68. The van der Waals surface area contributed by atoms with Crippen LogP contribution in [0.4, 0.5) is 10.1 Å². The van der Waals surface area contributed by atoms with Crippen molar-refractivity contribution >= 4 is 29.1 Å². The third-order valence-electron chi connectivity index (χ3n) is 5.98. The Bertz CT molecular complexity index is 1040. The summed E-state index contributed by atoms with van der Waals surface area (Å²) in [6.07, 6.45) is 0.121. The van der Waals surface area contributed by atoms with Crippen LogP contribution in [0.3, 0.4) is 0 Å². The lowest BCUT2D eigenvalue weighted by molar-refractivity contribution is -0.123. The topological polar surface area (TPSA) is 62.3 Å². The molecule has 31 heavy (non-hydrogen) atoms. The van der Waals surface area contributed by atoms with Gasteiger partial charge in [0.15, 0.2) is 11.5 Å². The van der Waals surface area contributed by atoms with Crippen molar-refractivity contribution in [2.75, 3.05) is 37.9 Å². The van der Waals surface area contributed by atoms with Crippen molar-refractivity contribution in [3.05, 3.63) is 52.8 Å². The van der Waals surface area contributed by atoms with Crippen LogP contribution in [-0.4, -0.2) is 60.6 Å². The second-order valence-corrected chi connectivity index (χ2v) is 8.29. The monoisotopic (exact) mass is 445 g/mol. The molecule has 0 spiro atoms. The first kappa shape index (κ1) is 20.2. The molecule has 3 aliphatic rings. The fourth-order valence-electron chi connectivity index (χ4n) is 4.33. The number of benzene rings is 2. The van der Waals surface area contributed by atoms with Gasteiger partial charge < -0.3 is 9.47 Å². The van der Waals surface area contributed by atoms with Gasteiger partial charge in [0, 0.05) is 32.7 Å². The first-order chi connectivity index (χ1) is 15.0. The molecule has 2 aromatic carbocycles. The lowest BCUT2D eigenvalue weighted by Crippen LogP contribution is -2.52. The number of ether oxygens (including phenoxy) is 2. The average Bonchev–Trinajstić information content (AvgIpc) is 3.34. The summed E-state index contributed by atoms with van der Waals surface area (Å²) in [7, 11) is 0. The number of nitrogens with zero attached hydrogens (tertiary/aromatic N) is 3. The Morgan fingerprint density at radius 3 is 2.55 bits per heavy atom. The molecule has 9 heteroatoms. The second-order valence-electron chi connectivity index (χ2n) is 7.89. The third kappa shape index (κ3) is 3.86. The van der Waals surface area contributed by atoms with Crippen LogP contribution in [0, 0.1) is 5.82 Å². The van der Waals surface area contributed by atoms with Crippen molar-refractivity contribution < 1.29 is 23.5 Å². The number of rotatable bonds is 4. The summed E-state index contributed by atoms with van der Waals surface area (Å²) in [6.45, 7) is 3.98. The Labute approximate surface area is 183 Å². The maximum atomic E-state index is 13.5. The van der Waals surface area contributed by atoms with E-state index < -0.39 is 11.9 Å². The fourth-order valence-corrected chi connectivity index (χ4v) is 4.50. The Morgan fingerprint density at radius 2 is 1.77 bits per heavy atom. The van der Waals surface area contributed by atoms with Crippen molar-refractivity contribution in [3.63, 3.8) is 0 Å². The van der Waals surface area contributed by atoms with E-state index in [9.17, 15) is 14.0 Å². The summed E-state index contributed by atoms with van der Waals surface area (Å²) >= 11 is 5.83. The Kier molecular flexibility index (Phi) is 5.29. The highest BCUT2D eigenvalue weighted by molar-refractivity contribution is 6.31. The van der Waals surface area contributed by atoms with Crippen LogP contribution in [0.5, 0.6) is 11.5 Å². The van der Waals surface area contributed by atoms with Crippen LogP contribution < -0.4 is 14.4 Å². The first-order valence-corrected chi connectivity index (χ1v) is 10.5. The number of amides is 2. The van der Waals surface area contributed by atoms with Gasteiger partial charge in [0.1, 0.15) is 5.82 Å². The third-order valence-corrected chi connectivity index (χ3v) is 6.26. The maximum Gasteiger partial charge on any atom is 0.251 e. The summed E-state index contributed by atoms with van der Waals surface area (Å²) in [6, 6.07) is 9.35. The Morgan fingerprint density at radius 1 is 1.00 bits per heavy atom. The number of hydrogen-bond acceptors (Lipinski definition) is 6. The average molecular weight is 446 g/mol. The van der Waals surface area contributed by atoms with Crippen molar-refractivity contribution in [1.82, 2.24) is 9.80 Å². The largest absolute Gasteiger partial charge is 0.454 e. The van der Waals surface area contributed by atoms with E-state index in [1.165, 1.54) is 18.2 Å². The molecule has 0 aromatic heterocycles. The smallest absolute Gasteiger partial charge is 0.251 e. The number of anilines is 1. The van der Waals surface area contributed by atoms with Crippen LogP contribution in [0.2, 0.25) is 5.02 Å². The zero-order valence-electron chi connectivity index (χ0n) is 16.7. The molecule has 0 bridgehead atoms. The predicted octanol–water partition coefficient (Wildman–Crippen LogP) is 2.66. The van der Waals surface area contributed by atoms with E-state index in [1.807, 2.05) is 18.2 Å². The van der Waals surface area contributed by atoms with Crippen molar-refractivity contribution in [1.29, 1.82) is 0 Å². The number of piperazine rings is 1. The second kappa shape index (κ2) is 8.11. The minimum Gasteiger partial charge on any atom is -0.454 e. The molecule has 7 nitrogen and oxygen atoms in total. The number of halogens is 2. The number of hydrogen-bond donors (Lipinski definition) is 0. The molecule has 0 radical (unpaired) electrons. The van der Waals surface area contributed by atoms with E-state index in [2.05, 4.69) is 9.80 Å². The Balaban J connectivity index is 1.21. The molecule has 2 amide bonds. The molecular formula is C22H21ClFN3O4. The molecular weight excluding hydrogens is 425 g/mol. The SMILES string of the molecule is O=C1C[C@H](N2CCN(Cc3ccc4c(c3)OCO4)CC2)C(=O)N1c1ccc(F)c(Cl)c1. The molecule has 162 valence electrons. The molecule has 0 saturated carbocycles. The van der Waals surface area contributed by atoms with Gasteiger partial charge in [-0.1, -0.05) is 17.7 Å². The van der Waals surface area contributed by atoms with E-state index in [0.717, 1.165) is 41.6 Å². The van der Waals surface area contributed by atoms with E-state index in [4.69, 9.17) is 21.1 Å². The van der Waals surface area contributed by atoms with E-state index in [-0.39, 0.29) is 30.1 Å². The standard InChI is InChI=1S/C22H21ClFN3O4/c23-16-10-15(2-3-17(16)24)27-21(28)11-18(22(27)29)26-7-5-25(6-8-26)12-14-1-4-19-20(9-14)31-13-30-19/h1-4,9-10,18H,5-8,11-13H2/t18-/m0/s1. The molecule has 0 unspecified atom stereocenters. The highest BCUT2D eigenvalue weighted by Crippen LogP contribution is 2.33. The summed E-state index contributed by atoms with van der Waals surface area (Å²) < 4.78 is 24.3. The first-order valence-electron chi connectivity index (χ1n) is 10.2. The fraction of sp³-hybridized carbons (Fsp3) is 0.364. The molecule has 0 N–H and O–H groups in total. The minimum atomic E-state index is -0.584. The maximum absolute atomic E-state index is 13.5. The summed E-state index contributed by atoms with van der Waals surface area (Å²) in [5, 5.41) is -0.112. The lowest BCUT2D eigenvalue weighted by Gasteiger charge is -2.37. The lowest BCUT2D eigenvalue weighted by atomic mass is 10.1. The van der Waals surface area contributed by atoms with Crippen LogP contribution in [0.25, 0.3) is 0 Å². The van der Waals surface area contributed by atoms with Crippen molar-refractivity contribution in [2.24, 2.45) is 0 Å². The summed E-state index contributed by atoms with van der Waals surface area (Å²) in [4.78, 5) is 31.0. The van der Waals surface area contributed by atoms with E-state index in [0.29, 0.717) is 18.8 Å². The highest BCUT2D eigenvalue weighted by Gasteiger charge is 2.43. The van der Waals surface area contributed by atoms with E-state index >= 15 is 0 Å². The normalized spacial score (nSPS) is 21.9. The molecule has 5 rings (SSSR count). The quantitative estimate of drug-likeness (QED) is 0.674. The number of imide groups is 1. The molecule has 0 aliphatic carbocycles. The number of carbonyl (C=O) groups excluding carboxylic acids is 2. The van der Waals surface area contributed by atoms with Crippen molar-refractivity contribution in [2.45, 2.75) is 19.0 Å². The molecule has 3 aliphatic heterocycles. The van der Waals surface area contributed by atoms with Gasteiger partial charge in [-0.15, -0.1) is 0 Å². The molecule has 2 aromatic rings. The van der Waals surface area contributed by atoms with Crippen LogP contribution in [-0.2, 0) is 16.1 Å². The van der Waals surface area contributed by atoms with Gasteiger partial charge in [-0.25, -0.2) is 9.29 Å². The summed E-state index contributed by atoms with van der Waals surface area (Å²) in [5.41, 5.74) is 1.45. The van der Waals surface area contributed by atoms with Gasteiger partial charge in [0.25, 0.3) is 5.91 Å². The van der Waals surface area contributed by atoms with Gasteiger partial charge in [0.2, 0.25) is 12.7 Å². The number of carbonyl (C=O) groups is 2. The molecule has 2 fully saturated rings. The van der Waals surface area contributed by atoms with Gasteiger partial charge in [-0.05, 0) is 35.9 Å². The number of fused-ring (bicyclic) bond motifs is 1. The van der Waals surface area contributed by atoms with Gasteiger partial charge in [-0.3, -0.25) is 19.4 Å². The van der Waals surface area contributed by atoms with Gasteiger partial charge in [0.05, 0.1) is 23.2 Å². The molecule has 3 heterocycles. The van der Waals surface area contributed by atoms with Crippen LogP contribution in [0.15, 0.2) is 36.4 Å². The zero-order chi connectivity index (χ0) is 21.5. The summed E-state index contributed by atoms with van der Waals surface area (Å²) in [5.74, 6) is 0.383. The zero-order valence-corrected chi connectivity index (χ0v) is 17.5. The molecule has 1 atom stereocenters. The minimum absolute atomic E-state index is 0.112. The van der Waals surface area contributed by atoms with Gasteiger partial charge >= 0.3 is 0 Å².